The third-order valence-corrected chi connectivity index (χ3v) is 1.91. The van der Waals surface area contributed by atoms with E-state index < -0.39 is 6.03 Å². The van der Waals surface area contributed by atoms with E-state index in [0.717, 1.165) is 25.7 Å². The Labute approximate surface area is 78.9 Å². The van der Waals surface area contributed by atoms with Gasteiger partial charge in [-0.2, -0.15) is 0 Å². The Morgan fingerprint density at radius 1 is 1.23 bits per heavy atom. The number of quaternary nitrogens is 1. The number of nitrogens with one attached hydrogen (secondary N) is 1. The van der Waals surface area contributed by atoms with E-state index in [4.69, 9.17) is 0 Å². The van der Waals surface area contributed by atoms with E-state index in [0.29, 0.717) is 0 Å². The maximum absolute atomic E-state index is 11.4. The minimum absolute atomic E-state index is 0.0271. The topological polar surface area (TPSA) is 73.8 Å². The molecule has 0 aliphatic carbocycles. The molecule has 0 saturated heterocycles. The highest BCUT2D eigenvalue weighted by Gasteiger charge is 2.18. The molecule has 0 unspecified atom stereocenters. The molecule has 0 atom stereocenters. The van der Waals surface area contributed by atoms with Crippen molar-refractivity contribution in [2.75, 3.05) is 0 Å². The zero-order valence-corrected chi connectivity index (χ0v) is 8.43. The monoisotopic (exact) mass is 187 g/mol. The zero-order valence-electron chi connectivity index (χ0n) is 8.43. The standard InChI is InChI=1S/C9H18N2O2/c1-3-5-7(6-4-2)8(12)11-9(10)13/h7H,3-6H2,1-2H3,(H3,10,11,12,13)/p+1. The van der Waals surface area contributed by atoms with Crippen molar-refractivity contribution in [1.29, 1.82) is 0 Å². The van der Waals surface area contributed by atoms with Gasteiger partial charge in [-0.15, -0.1) is 0 Å². The Morgan fingerprint density at radius 2 is 1.69 bits per heavy atom. The van der Waals surface area contributed by atoms with Gasteiger partial charge in [0, 0.05) is 5.92 Å². The molecule has 0 heterocycles. The lowest BCUT2D eigenvalue weighted by atomic mass is 9.97. The van der Waals surface area contributed by atoms with E-state index in [9.17, 15) is 9.59 Å². The van der Waals surface area contributed by atoms with E-state index in [1.807, 2.05) is 13.8 Å². The van der Waals surface area contributed by atoms with Crippen molar-refractivity contribution in [2.24, 2.45) is 5.92 Å². The van der Waals surface area contributed by atoms with Gasteiger partial charge >= 0.3 is 6.03 Å². The van der Waals surface area contributed by atoms with Gasteiger partial charge in [-0.3, -0.25) is 10.5 Å². The van der Waals surface area contributed by atoms with E-state index in [-0.39, 0.29) is 11.8 Å². The molecule has 0 aromatic heterocycles. The summed E-state index contributed by atoms with van der Waals surface area (Å²) in [5, 5.41) is 2.22. The van der Waals surface area contributed by atoms with Crippen LogP contribution in [0.15, 0.2) is 0 Å². The maximum Gasteiger partial charge on any atom is 0.418 e. The third kappa shape index (κ3) is 5.36. The highest BCUT2D eigenvalue weighted by atomic mass is 16.2. The molecule has 13 heavy (non-hydrogen) atoms. The van der Waals surface area contributed by atoms with Gasteiger partial charge in [0.15, 0.2) is 0 Å². The summed E-state index contributed by atoms with van der Waals surface area (Å²) in [6.07, 6.45) is 3.60. The van der Waals surface area contributed by atoms with Crippen molar-refractivity contribution >= 4 is 11.9 Å². The molecule has 0 aliphatic heterocycles. The van der Waals surface area contributed by atoms with Crippen LogP contribution in [0.3, 0.4) is 0 Å². The summed E-state index contributed by atoms with van der Waals surface area (Å²) < 4.78 is 0. The molecule has 4 heteroatoms. The predicted molar refractivity (Wildman–Crippen MR) is 49.7 cm³/mol. The van der Waals surface area contributed by atoms with E-state index in [2.05, 4.69) is 11.1 Å². The zero-order chi connectivity index (χ0) is 10.3. The Hall–Kier alpha value is -0.900. The van der Waals surface area contributed by atoms with Crippen LogP contribution in [-0.2, 0) is 4.79 Å². The van der Waals surface area contributed by atoms with Gasteiger partial charge < -0.3 is 0 Å². The molecule has 0 saturated carbocycles. The number of hydrogen-bond donors (Lipinski definition) is 2. The molecule has 0 aromatic carbocycles. The van der Waals surface area contributed by atoms with Crippen molar-refractivity contribution in [1.82, 2.24) is 5.32 Å². The van der Waals surface area contributed by atoms with Gasteiger partial charge in [0.2, 0.25) is 5.91 Å². The number of amides is 3. The molecule has 0 fully saturated rings. The Bertz CT molecular complexity index is 174. The van der Waals surface area contributed by atoms with Gasteiger partial charge in [0.05, 0.1) is 0 Å². The van der Waals surface area contributed by atoms with Crippen molar-refractivity contribution in [3.8, 4) is 0 Å². The molecule has 4 nitrogen and oxygen atoms in total. The first kappa shape index (κ1) is 12.1. The van der Waals surface area contributed by atoms with Crippen LogP contribution >= 0.6 is 0 Å². The van der Waals surface area contributed by atoms with Crippen LogP contribution in [0.4, 0.5) is 4.79 Å². The fourth-order valence-electron chi connectivity index (χ4n) is 1.34. The van der Waals surface area contributed by atoms with Crippen molar-refractivity contribution in [3.63, 3.8) is 0 Å². The summed E-state index contributed by atoms with van der Waals surface area (Å²) in [7, 11) is 0. The molecule has 0 spiro atoms. The normalized spacial score (nSPS) is 10.2. The number of rotatable bonds is 5. The second-order valence-electron chi connectivity index (χ2n) is 3.19. The average Bonchev–Trinajstić information content (AvgIpc) is 2.02. The lowest BCUT2D eigenvalue weighted by molar-refractivity contribution is -0.250. The fraction of sp³-hybridized carbons (Fsp3) is 0.778. The molecule has 76 valence electrons. The number of imide groups is 1. The largest absolute Gasteiger partial charge is 0.418 e. The lowest BCUT2D eigenvalue weighted by Gasteiger charge is -2.12. The minimum atomic E-state index is -0.512. The molecule has 0 bridgehead atoms. The van der Waals surface area contributed by atoms with Gasteiger partial charge in [-0.1, -0.05) is 26.7 Å². The Morgan fingerprint density at radius 3 is 2.00 bits per heavy atom. The van der Waals surface area contributed by atoms with Crippen LogP contribution in [-0.4, -0.2) is 11.9 Å². The Kier molecular flexibility index (Phi) is 6.14. The highest BCUT2D eigenvalue weighted by molar-refractivity contribution is 5.91. The summed E-state index contributed by atoms with van der Waals surface area (Å²) in [4.78, 5) is 21.9. The summed E-state index contributed by atoms with van der Waals surface area (Å²) >= 11 is 0. The van der Waals surface area contributed by atoms with Crippen LogP contribution in [0.2, 0.25) is 0 Å². The predicted octanol–water partition coefficient (Wildman–Crippen LogP) is 0.681. The second kappa shape index (κ2) is 6.60. The molecular weight excluding hydrogens is 168 g/mol. The highest BCUT2D eigenvalue weighted by Crippen LogP contribution is 2.12. The fourth-order valence-corrected chi connectivity index (χ4v) is 1.34. The number of carbonyl (C=O) groups is 2. The van der Waals surface area contributed by atoms with Gasteiger partial charge in [-0.25, -0.2) is 10.1 Å². The van der Waals surface area contributed by atoms with Gasteiger partial charge in [-0.05, 0) is 12.8 Å². The lowest BCUT2D eigenvalue weighted by Crippen LogP contribution is -2.64. The van der Waals surface area contributed by atoms with Crippen LogP contribution in [0.1, 0.15) is 39.5 Å². The number of urea groups is 1. The van der Waals surface area contributed by atoms with E-state index >= 15 is 0 Å². The number of hydrogen-bond acceptors (Lipinski definition) is 2. The van der Waals surface area contributed by atoms with Crippen LogP contribution in [0.5, 0.6) is 0 Å². The van der Waals surface area contributed by atoms with E-state index in [1.165, 1.54) is 0 Å². The van der Waals surface area contributed by atoms with Gasteiger partial charge in [0.25, 0.3) is 0 Å². The summed E-state index contributed by atoms with van der Waals surface area (Å²) in [5.41, 5.74) is 3.11. The van der Waals surface area contributed by atoms with Crippen molar-refractivity contribution < 1.29 is 15.3 Å². The van der Waals surface area contributed by atoms with Gasteiger partial charge in [0.1, 0.15) is 0 Å². The minimum Gasteiger partial charge on any atom is -0.274 e. The average molecular weight is 187 g/mol. The first-order valence-corrected chi connectivity index (χ1v) is 4.78. The molecule has 4 N–H and O–H groups in total. The summed E-state index contributed by atoms with van der Waals surface area (Å²) in [6.45, 7) is 4.06. The quantitative estimate of drug-likeness (QED) is 0.664. The Balaban J connectivity index is 4.02. The SMILES string of the molecule is CCCC(CCC)C(=O)NC([NH3+])=O. The smallest absolute Gasteiger partial charge is 0.274 e. The molecule has 0 radical (unpaired) electrons. The first-order valence-electron chi connectivity index (χ1n) is 4.78. The van der Waals surface area contributed by atoms with Crippen LogP contribution in [0.25, 0.3) is 0 Å². The number of carbonyl (C=O) groups excluding carboxylic acids is 2. The molecule has 0 rings (SSSR count). The molecule has 3 amide bonds. The van der Waals surface area contributed by atoms with Crippen molar-refractivity contribution in [3.05, 3.63) is 0 Å². The maximum atomic E-state index is 11.4. The summed E-state index contributed by atoms with van der Waals surface area (Å²) in [5.74, 6) is -0.204. The van der Waals surface area contributed by atoms with E-state index in [1.54, 1.807) is 0 Å². The van der Waals surface area contributed by atoms with Crippen LogP contribution in [0, 0.1) is 5.92 Å². The summed E-state index contributed by atoms with van der Waals surface area (Å²) in [6, 6.07) is -0.512. The first-order chi connectivity index (χ1) is 6.11. The molecule has 0 aliphatic rings. The second-order valence-corrected chi connectivity index (χ2v) is 3.19. The third-order valence-electron chi connectivity index (χ3n) is 1.91. The van der Waals surface area contributed by atoms with Crippen LogP contribution < -0.4 is 11.1 Å². The molecule has 0 aromatic rings. The molecular formula is C9H19N2O2+. The van der Waals surface area contributed by atoms with Crippen molar-refractivity contribution in [2.45, 2.75) is 39.5 Å².